The molecule has 6 heteroatoms. The second-order valence-electron chi connectivity index (χ2n) is 8.09. The van der Waals surface area contributed by atoms with Crippen molar-refractivity contribution in [2.24, 2.45) is 11.8 Å². The van der Waals surface area contributed by atoms with E-state index in [2.05, 4.69) is 6.92 Å². The van der Waals surface area contributed by atoms with Gasteiger partial charge in [-0.05, 0) is 39.2 Å². The quantitative estimate of drug-likeness (QED) is 0.315. The van der Waals surface area contributed by atoms with Crippen LogP contribution in [0.5, 0.6) is 0 Å². The van der Waals surface area contributed by atoms with Gasteiger partial charge in [0.2, 0.25) is 0 Å². The predicted molar refractivity (Wildman–Crippen MR) is 118 cm³/mol. The highest BCUT2D eigenvalue weighted by molar-refractivity contribution is 5.66. The van der Waals surface area contributed by atoms with E-state index < -0.39 is 18.2 Å². The average Bonchev–Trinajstić information content (AvgIpc) is 3.21. The van der Waals surface area contributed by atoms with E-state index in [9.17, 15) is 15.0 Å². The van der Waals surface area contributed by atoms with Gasteiger partial charge in [-0.2, -0.15) is 0 Å². The fourth-order valence-corrected chi connectivity index (χ4v) is 4.06. The molecule has 1 saturated heterocycles. The Balaban J connectivity index is 0.000000804. The van der Waals surface area contributed by atoms with Crippen LogP contribution in [0.1, 0.15) is 78.6 Å². The number of aliphatic carboxylic acids is 1. The molecule has 5 atom stereocenters. The summed E-state index contributed by atoms with van der Waals surface area (Å²) >= 11 is 0. The van der Waals surface area contributed by atoms with Crippen molar-refractivity contribution < 1.29 is 29.6 Å². The molecule has 0 radical (unpaired) electrons. The van der Waals surface area contributed by atoms with E-state index >= 15 is 0 Å². The summed E-state index contributed by atoms with van der Waals surface area (Å²) in [4.78, 5) is 10.5. The molecule has 2 rings (SSSR count). The molecule has 6 nitrogen and oxygen atoms in total. The van der Waals surface area contributed by atoms with Crippen molar-refractivity contribution in [2.75, 3.05) is 13.2 Å². The van der Waals surface area contributed by atoms with E-state index in [-0.39, 0.29) is 24.4 Å². The van der Waals surface area contributed by atoms with Gasteiger partial charge in [0, 0.05) is 44.3 Å². The van der Waals surface area contributed by atoms with Gasteiger partial charge in [-0.3, -0.25) is 4.79 Å². The number of carbonyl (C=O) groups is 1. The molecule has 1 aliphatic heterocycles. The molecule has 1 heterocycles. The highest BCUT2D eigenvalue weighted by atomic mass is 16.5. The van der Waals surface area contributed by atoms with Crippen molar-refractivity contribution in [3.05, 3.63) is 24.0 Å². The number of aliphatic hydroxyl groups excluding tert-OH is 2. The number of hydrogen-bond acceptors (Lipinski definition) is 5. The standard InChI is InChI=1S/C20H32O5.C4H10O/c1-2-3-4-7-14(21)10-11-16-17-12-15(8-5-6-9-20(23)24)25-19(17)13-18(16)22;1-3-5-4-2/h8,10-11,14,16-19,21-22H,2-7,9,12-13H2,1H3,(H,23,24);3-4H2,1-2H3/b11-10+,15-8-;/t14-,16+,17+,18+,19-;/m0./s1. The van der Waals surface area contributed by atoms with Crippen LogP contribution in [0.25, 0.3) is 0 Å². The average molecular weight is 427 g/mol. The number of fused-ring (bicyclic) bond motifs is 1. The second-order valence-corrected chi connectivity index (χ2v) is 8.09. The van der Waals surface area contributed by atoms with Gasteiger partial charge in [-0.25, -0.2) is 0 Å². The summed E-state index contributed by atoms with van der Waals surface area (Å²) in [6, 6.07) is 0. The van der Waals surface area contributed by atoms with Gasteiger partial charge in [0.25, 0.3) is 0 Å². The first-order valence-electron chi connectivity index (χ1n) is 11.6. The number of aliphatic hydroxyl groups is 2. The molecule has 2 aliphatic rings. The molecule has 0 aromatic carbocycles. The molecule has 3 N–H and O–H groups in total. The van der Waals surface area contributed by atoms with Crippen LogP contribution in [0.4, 0.5) is 0 Å². The van der Waals surface area contributed by atoms with Crippen molar-refractivity contribution in [2.45, 2.75) is 96.9 Å². The maximum absolute atomic E-state index is 10.5. The first-order valence-corrected chi connectivity index (χ1v) is 11.6. The number of rotatable bonds is 12. The molecule has 0 amide bonds. The Morgan fingerprint density at radius 3 is 2.57 bits per heavy atom. The monoisotopic (exact) mass is 426 g/mol. The first kappa shape index (κ1) is 26.7. The molecule has 0 spiro atoms. The number of carboxylic acid groups (broad SMARTS) is 1. The third-order valence-corrected chi connectivity index (χ3v) is 5.66. The molecule has 2 fully saturated rings. The van der Waals surface area contributed by atoms with E-state index in [0.29, 0.717) is 19.3 Å². The van der Waals surface area contributed by atoms with Crippen LogP contribution >= 0.6 is 0 Å². The number of carboxylic acids is 1. The fourth-order valence-electron chi connectivity index (χ4n) is 4.06. The second kappa shape index (κ2) is 15.4. The Morgan fingerprint density at radius 2 is 1.97 bits per heavy atom. The Labute approximate surface area is 182 Å². The van der Waals surface area contributed by atoms with E-state index in [4.69, 9.17) is 14.6 Å². The zero-order valence-corrected chi connectivity index (χ0v) is 19.0. The lowest BCUT2D eigenvalue weighted by molar-refractivity contribution is -0.137. The van der Waals surface area contributed by atoms with Crippen molar-refractivity contribution in [1.82, 2.24) is 0 Å². The molecule has 174 valence electrons. The minimum Gasteiger partial charge on any atom is -0.495 e. The van der Waals surface area contributed by atoms with Crippen LogP contribution in [-0.2, 0) is 14.3 Å². The van der Waals surface area contributed by atoms with Gasteiger partial charge >= 0.3 is 5.97 Å². The summed E-state index contributed by atoms with van der Waals surface area (Å²) in [5, 5.41) is 29.0. The third-order valence-electron chi connectivity index (χ3n) is 5.66. The maximum Gasteiger partial charge on any atom is 0.303 e. The summed E-state index contributed by atoms with van der Waals surface area (Å²) in [6.45, 7) is 7.81. The Bertz CT molecular complexity index is 528. The Kier molecular flexibility index (Phi) is 13.7. The van der Waals surface area contributed by atoms with Gasteiger partial charge in [0.15, 0.2) is 0 Å². The predicted octanol–water partition coefficient (Wildman–Crippen LogP) is 4.45. The lowest BCUT2D eigenvalue weighted by atomic mass is 9.90. The highest BCUT2D eigenvalue weighted by Gasteiger charge is 2.46. The van der Waals surface area contributed by atoms with Gasteiger partial charge in [0.1, 0.15) is 6.10 Å². The molecule has 1 aliphatic carbocycles. The summed E-state index contributed by atoms with van der Waals surface area (Å²) in [5.74, 6) is 0.429. The Morgan fingerprint density at radius 1 is 1.23 bits per heavy atom. The zero-order valence-electron chi connectivity index (χ0n) is 19.0. The Hall–Kier alpha value is -1.37. The van der Waals surface area contributed by atoms with Gasteiger partial charge < -0.3 is 24.8 Å². The summed E-state index contributed by atoms with van der Waals surface area (Å²) < 4.78 is 10.8. The fraction of sp³-hybridized carbons (Fsp3) is 0.792. The SMILES string of the molecule is CCCCC[C@H](O)/C=C/[C@@H]1[C@H]2C/C(=C/CCCC(=O)O)O[C@H]2C[C@H]1O.CCOCC. The van der Waals surface area contributed by atoms with Gasteiger partial charge in [-0.1, -0.05) is 38.3 Å². The van der Waals surface area contributed by atoms with Crippen molar-refractivity contribution >= 4 is 5.97 Å². The van der Waals surface area contributed by atoms with Crippen LogP contribution in [0, 0.1) is 11.8 Å². The molecule has 0 unspecified atom stereocenters. The van der Waals surface area contributed by atoms with Crippen molar-refractivity contribution in [3.8, 4) is 0 Å². The molecule has 1 saturated carbocycles. The first-order chi connectivity index (χ1) is 14.4. The minimum absolute atomic E-state index is 0.0238. The largest absolute Gasteiger partial charge is 0.495 e. The van der Waals surface area contributed by atoms with Crippen LogP contribution in [-0.4, -0.2) is 52.8 Å². The highest BCUT2D eigenvalue weighted by Crippen LogP contribution is 2.45. The third kappa shape index (κ3) is 10.1. The van der Waals surface area contributed by atoms with E-state index in [0.717, 1.165) is 51.1 Å². The van der Waals surface area contributed by atoms with Crippen molar-refractivity contribution in [1.29, 1.82) is 0 Å². The number of unbranched alkanes of at least 4 members (excludes halogenated alkanes) is 3. The summed E-state index contributed by atoms with van der Waals surface area (Å²) in [6.07, 6.45) is 12.0. The number of ether oxygens (including phenoxy) is 2. The minimum atomic E-state index is -0.770. The molecular formula is C24H42O6. The van der Waals surface area contributed by atoms with Crippen molar-refractivity contribution in [3.63, 3.8) is 0 Å². The summed E-state index contributed by atoms with van der Waals surface area (Å²) in [7, 11) is 0. The maximum atomic E-state index is 10.5. The molecule has 0 bridgehead atoms. The lowest BCUT2D eigenvalue weighted by Gasteiger charge is -2.16. The number of hydrogen-bond donors (Lipinski definition) is 3. The van der Waals surface area contributed by atoms with Crippen LogP contribution in [0.3, 0.4) is 0 Å². The van der Waals surface area contributed by atoms with Crippen LogP contribution in [0.2, 0.25) is 0 Å². The topological polar surface area (TPSA) is 96.2 Å². The molecule has 30 heavy (non-hydrogen) atoms. The van der Waals surface area contributed by atoms with Crippen LogP contribution in [0.15, 0.2) is 24.0 Å². The lowest BCUT2D eigenvalue weighted by Crippen LogP contribution is -2.18. The number of allylic oxidation sites excluding steroid dienone is 2. The smallest absolute Gasteiger partial charge is 0.303 e. The molecular weight excluding hydrogens is 384 g/mol. The van der Waals surface area contributed by atoms with Crippen LogP contribution < -0.4 is 0 Å². The van der Waals surface area contributed by atoms with E-state index in [1.54, 1.807) is 0 Å². The van der Waals surface area contributed by atoms with Gasteiger partial charge in [-0.15, -0.1) is 0 Å². The molecule has 0 aromatic rings. The van der Waals surface area contributed by atoms with E-state index in [1.807, 2.05) is 32.1 Å². The normalized spacial score (nSPS) is 27.6. The molecule has 0 aromatic heterocycles. The van der Waals surface area contributed by atoms with Gasteiger partial charge in [0.05, 0.1) is 18.0 Å². The zero-order chi connectivity index (χ0) is 22.4. The van der Waals surface area contributed by atoms with E-state index in [1.165, 1.54) is 0 Å². The summed E-state index contributed by atoms with van der Waals surface area (Å²) in [5.41, 5.74) is 0.